The van der Waals surface area contributed by atoms with Gasteiger partial charge < -0.3 is 9.73 Å². The van der Waals surface area contributed by atoms with Crippen LogP contribution < -0.4 is 5.32 Å². The van der Waals surface area contributed by atoms with E-state index in [0.717, 1.165) is 11.6 Å². The number of furan rings is 1. The Labute approximate surface area is 110 Å². The van der Waals surface area contributed by atoms with E-state index >= 15 is 0 Å². The van der Waals surface area contributed by atoms with Crippen molar-refractivity contribution in [1.29, 1.82) is 0 Å². The topological polar surface area (TPSA) is 25.2 Å². The van der Waals surface area contributed by atoms with Gasteiger partial charge in [0.1, 0.15) is 0 Å². The Morgan fingerprint density at radius 2 is 2.00 bits per heavy atom. The predicted octanol–water partition coefficient (Wildman–Crippen LogP) is 4.67. The van der Waals surface area contributed by atoms with Crippen molar-refractivity contribution < 1.29 is 17.6 Å². The van der Waals surface area contributed by atoms with Crippen molar-refractivity contribution in [2.45, 2.75) is 12.7 Å². The van der Waals surface area contributed by atoms with E-state index in [1.54, 1.807) is 12.1 Å². The Hall–Kier alpha value is -1.43. The summed E-state index contributed by atoms with van der Waals surface area (Å²) in [6, 6.07) is 5.71. The maximum Gasteiger partial charge on any atom is 0.418 e. The van der Waals surface area contributed by atoms with Crippen LogP contribution in [0.3, 0.4) is 0 Å². The molecule has 0 aliphatic heterocycles. The fourth-order valence-corrected chi connectivity index (χ4v) is 1.86. The summed E-state index contributed by atoms with van der Waals surface area (Å²) < 4.78 is 43.7. The number of nitrogens with one attached hydrogen (secondary N) is 1. The second-order valence-electron chi connectivity index (χ2n) is 3.67. The smallest absolute Gasteiger partial charge is 0.418 e. The Balaban J connectivity index is 2.22. The van der Waals surface area contributed by atoms with Gasteiger partial charge in [0, 0.05) is 22.3 Å². The molecule has 18 heavy (non-hydrogen) atoms. The van der Waals surface area contributed by atoms with Crippen LogP contribution in [0.4, 0.5) is 18.9 Å². The van der Waals surface area contributed by atoms with Crippen molar-refractivity contribution in [3.8, 4) is 0 Å². The van der Waals surface area contributed by atoms with Crippen molar-refractivity contribution in [3.05, 3.63) is 52.4 Å². The lowest BCUT2D eigenvalue weighted by Crippen LogP contribution is -2.10. The minimum absolute atomic E-state index is 0.0481. The minimum atomic E-state index is -4.39. The normalized spacial score (nSPS) is 11.6. The summed E-state index contributed by atoms with van der Waals surface area (Å²) in [7, 11) is 0. The van der Waals surface area contributed by atoms with Crippen LogP contribution in [0.2, 0.25) is 0 Å². The van der Waals surface area contributed by atoms with Crippen LogP contribution in [0.1, 0.15) is 11.1 Å². The fraction of sp³-hybridized carbons (Fsp3) is 0.167. The van der Waals surface area contributed by atoms with Gasteiger partial charge in [0.05, 0.1) is 18.1 Å². The molecule has 0 spiro atoms. The molecule has 0 fully saturated rings. The van der Waals surface area contributed by atoms with E-state index in [1.807, 2.05) is 0 Å². The number of alkyl halides is 3. The van der Waals surface area contributed by atoms with Crippen LogP contribution in [0, 0.1) is 0 Å². The maximum atomic E-state index is 12.8. The monoisotopic (exact) mass is 319 g/mol. The summed E-state index contributed by atoms with van der Waals surface area (Å²) in [5, 5.41) is 2.75. The number of hydrogen-bond acceptors (Lipinski definition) is 2. The van der Waals surface area contributed by atoms with E-state index in [2.05, 4.69) is 21.2 Å². The SMILES string of the molecule is FC(F)(F)c1cc(Br)ccc1NCc1ccoc1. The average molecular weight is 320 g/mol. The molecule has 1 N–H and O–H groups in total. The van der Waals surface area contributed by atoms with Crippen LogP contribution >= 0.6 is 15.9 Å². The molecule has 1 aromatic carbocycles. The van der Waals surface area contributed by atoms with Crippen molar-refractivity contribution in [1.82, 2.24) is 0 Å². The van der Waals surface area contributed by atoms with Crippen molar-refractivity contribution in [3.63, 3.8) is 0 Å². The lowest BCUT2D eigenvalue weighted by atomic mass is 10.1. The first-order valence-electron chi connectivity index (χ1n) is 5.08. The first kappa shape index (κ1) is 13.0. The van der Waals surface area contributed by atoms with Crippen LogP contribution in [0.5, 0.6) is 0 Å². The summed E-state index contributed by atoms with van der Waals surface area (Å²) in [6.07, 6.45) is -1.43. The standard InChI is InChI=1S/C12H9BrF3NO/c13-9-1-2-11(10(5-9)12(14,15)16)17-6-8-3-4-18-7-8/h1-5,7,17H,6H2. The third-order valence-electron chi connectivity index (χ3n) is 2.35. The molecule has 0 saturated heterocycles. The predicted molar refractivity (Wildman–Crippen MR) is 65.2 cm³/mol. The van der Waals surface area contributed by atoms with Crippen molar-refractivity contribution in [2.75, 3.05) is 5.32 Å². The van der Waals surface area contributed by atoms with Crippen LogP contribution in [0.25, 0.3) is 0 Å². The maximum absolute atomic E-state index is 12.8. The van der Waals surface area contributed by atoms with E-state index < -0.39 is 11.7 Å². The molecule has 0 bridgehead atoms. The van der Waals surface area contributed by atoms with Crippen LogP contribution in [-0.2, 0) is 12.7 Å². The number of rotatable bonds is 3. The average Bonchev–Trinajstić information content (AvgIpc) is 2.79. The first-order chi connectivity index (χ1) is 8.47. The molecule has 0 aliphatic rings. The highest BCUT2D eigenvalue weighted by molar-refractivity contribution is 9.10. The van der Waals surface area contributed by atoms with Crippen LogP contribution in [0.15, 0.2) is 45.7 Å². The number of anilines is 1. The lowest BCUT2D eigenvalue weighted by molar-refractivity contribution is -0.137. The van der Waals surface area contributed by atoms with E-state index in [9.17, 15) is 13.2 Å². The van der Waals surface area contributed by atoms with Gasteiger partial charge in [-0.3, -0.25) is 0 Å². The summed E-state index contributed by atoms with van der Waals surface area (Å²) in [5.41, 5.74) is 0.137. The highest BCUT2D eigenvalue weighted by atomic mass is 79.9. The third kappa shape index (κ3) is 3.07. The zero-order valence-electron chi connectivity index (χ0n) is 9.09. The van der Waals surface area contributed by atoms with Crippen molar-refractivity contribution in [2.24, 2.45) is 0 Å². The highest BCUT2D eigenvalue weighted by Gasteiger charge is 2.33. The van der Waals surface area contributed by atoms with Gasteiger partial charge in [-0.2, -0.15) is 13.2 Å². The Bertz CT molecular complexity index is 523. The van der Waals surface area contributed by atoms with E-state index in [0.29, 0.717) is 4.47 Å². The van der Waals surface area contributed by atoms with Crippen molar-refractivity contribution >= 4 is 21.6 Å². The molecule has 0 aliphatic carbocycles. The third-order valence-corrected chi connectivity index (χ3v) is 2.84. The van der Waals surface area contributed by atoms with E-state index in [4.69, 9.17) is 4.42 Å². The van der Waals surface area contributed by atoms with Gasteiger partial charge in [-0.25, -0.2) is 0 Å². The van der Waals surface area contributed by atoms with Gasteiger partial charge in [-0.05, 0) is 24.3 Å². The second kappa shape index (κ2) is 5.06. The summed E-state index contributed by atoms with van der Waals surface area (Å²) in [5.74, 6) is 0. The number of halogens is 4. The van der Waals surface area contributed by atoms with Gasteiger partial charge in [-0.15, -0.1) is 0 Å². The molecule has 2 aromatic rings. The zero-order valence-corrected chi connectivity index (χ0v) is 10.7. The molecule has 0 unspecified atom stereocenters. The second-order valence-corrected chi connectivity index (χ2v) is 4.59. The molecule has 1 heterocycles. The van der Waals surface area contributed by atoms with E-state index in [-0.39, 0.29) is 12.2 Å². The summed E-state index contributed by atoms with van der Waals surface area (Å²) >= 11 is 3.04. The van der Waals surface area contributed by atoms with Gasteiger partial charge in [-0.1, -0.05) is 15.9 Å². The molecule has 2 rings (SSSR count). The first-order valence-corrected chi connectivity index (χ1v) is 5.88. The zero-order chi connectivity index (χ0) is 13.2. The molecule has 6 heteroatoms. The summed E-state index contributed by atoms with van der Waals surface area (Å²) in [4.78, 5) is 0. The van der Waals surface area contributed by atoms with Crippen LogP contribution in [-0.4, -0.2) is 0 Å². The molecule has 2 nitrogen and oxygen atoms in total. The van der Waals surface area contributed by atoms with Gasteiger partial charge in [0.15, 0.2) is 0 Å². The lowest BCUT2D eigenvalue weighted by Gasteiger charge is -2.14. The van der Waals surface area contributed by atoms with Gasteiger partial charge in [0.2, 0.25) is 0 Å². The minimum Gasteiger partial charge on any atom is -0.472 e. The van der Waals surface area contributed by atoms with Gasteiger partial charge >= 0.3 is 6.18 Å². The quantitative estimate of drug-likeness (QED) is 0.889. The largest absolute Gasteiger partial charge is 0.472 e. The Morgan fingerprint density at radius 3 is 2.61 bits per heavy atom. The molecular weight excluding hydrogens is 311 g/mol. The molecule has 1 aromatic heterocycles. The molecule has 96 valence electrons. The molecule has 0 radical (unpaired) electrons. The molecule has 0 amide bonds. The Morgan fingerprint density at radius 1 is 1.22 bits per heavy atom. The highest BCUT2D eigenvalue weighted by Crippen LogP contribution is 2.36. The van der Waals surface area contributed by atoms with E-state index in [1.165, 1.54) is 18.6 Å². The molecule has 0 saturated carbocycles. The summed E-state index contributed by atoms with van der Waals surface area (Å²) in [6.45, 7) is 0.279. The number of hydrogen-bond donors (Lipinski definition) is 1. The molecule has 0 atom stereocenters. The number of benzene rings is 1. The molecular formula is C12H9BrF3NO. The van der Waals surface area contributed by atoms with Gasteiger partial charge in [0.25, 0.3) is 0 Å². The fourth-order valence-electron chi connectivity index (χ4n) is 1.50. The Kier molecular flexibility index (Phi) is 3.65.